The summed E-state index contributed by atoms with van der Waals surface area (Å²) in [6, 6.07) is 6.24. The molecule has 66 valence electrons. The minimum Gasteiger partial charge on any atom is -0.324 e. The average molecular weight is 172 g/mol. The van der Waals surface area contributed by atoms with Gasteiger partial charge in [0, 0.05) is 6.04 Å². The fraction of sp³-hybridized carbons (Fsp3) is 0.364. The third-order valence-electron chi connectivity index (χ3n) is 2.70. The molecular formula is C11H12N2. The van der Waals surface area contributed by atoms with E-state index in [-0.39, 0.29) is 6.04 Å². The Bertz CT molecular complexity index is 388. The second-order valence-electron chi connectivity index (χ2n) is 3.62. The van der Waals surface area contributed by atoms with Gasteiger partial charge in [-0.25, -0.2) is 0 Å². The molecule has 0 fully saturated rings. The molecule has 2 heteroatoms. The van der Waals surface area contributed by atoms with Gasteiger partial charge in [0.25, 0.3) is 0 Å². The summed E-state index contributed by atoms with van der Waals surface area (Å²) in [6.45, 7) is 2.03. The molecule has 0 amide bonds. The zero-order chi connectivity index (χ0) is 9.42. The van der Waals surface area contributed by atoms with E-state index in [0.717, 1.165) is 18.4 Å². The van der Waals surface area contributed by atoms with E-state index in [1.165, 1.54) is 16.7 Å². The van der Waals surface area contributed by atoms with Gasteiger partial charge >= 0.3 is 0 Å². The SMILES string of the molecule is Cc1cc(C#N)cc2c1[C@H](N)CC2. The number of nitriles is 1. The van der Waals surface area contributed by atoms with Crippen LogP contribution in [0.2, 0.25) is 0 Å². The van der Waals surface area contributed by atoms with Gasteiger partial charge in [-0.1, -0.05) is 0 Å². The van der Waals surface area contributed by atoms with Crippen molar-refractivity contribution in [3.05, 3.63) is 34.4 Å². The highest BCUT2D eigenvalue weighted by Gasteiger charge is 2.21. The van der Waals surface area contributed by atoms with E-state index < -0.39 is 0 Å². The lowest BCUT2D eigenvalue weighted by Crippen LogP contribution is -2.07. The van der Waals surface area contributed by atoms with E-state index in [1.54, 1.807) is 0 Å². The molecule has 1 atom stereocenters. The third-order valence-corrected chi connectivity index (χ3v) is 2.70. The zero-order valence-corrected chi connectivity index (χ0v) is 7.67. The Morgan fingerprint density at radius 2 is 2.31 bits per heavy atom. The molecule has 1 aromatic carbocycles. The first-order valence-electron chi connectivity index (χ1n) is 4.51. The number of hydrogen-bond donors (Lipinski definition) is 1. The molecule has 0 saturated carbocycles. The largest absolute Gasteiger partial charge is 0.324 e. The van der Waals surface area contributed by atoms with Crippen LogP contribution in [0.25, 0.3) is 0 Å². The lowest BCUT2D eigenvalue weighted by Gasteiger charge is -2.08. The van der Waals surface area contributed by atoms with Crippen LogP contribution in [0.15, 0.2) is 12.1 Å². The normalized spacial score (nSPS) is 19.6. The summed E-state index contributed by atoms with van der Waals surface area (Å²) in [6.07, 6.45) is 2.04. The smallest absolute Gasteiger partial charge is 0.0991 e. The van der Waals surface area contributed by atoms with E-state index in [2.05, 4.69) is 6.07 Å². The maximum Gasteiger partial charge on any atom is 0.0991 e. The van der Waals surface area contributed by atoms with Crippen molar-refractivity contribution in [1.82, 2.24) is 0 Å². The summed E-state index contributed by atoms with van der Waals surface area (Å²) < 4.78 is 0. The van der Waals surface area contributed by atoms with Crippen LogP contribution in [0, 0.1) is 18.3 Å². The van der Waals surface area contributed by atoms with Gasteiger partial charge in [0.2, 0.25) is 0 Å². The highest BCUT2D eigenvalue weighted by Crippen LogP contribution is 2.32. The number of nitrogens with zero attached hydrogens (tertiary/aromatic N) is 1. The first-order valence-corrected chi connectivity index (χ1v) is 4.51. The fourth-order valence-electron chi connectivity index (χ4n) is 2.13. The standard InChI is InChI=1S/C11H12N2/c1-7-4-8(6-12)5-9-2-3-10(13)11(7)9/h4-5,10H,2-3,13H2,1H3/t10-/m1/s1. The molecule has 1 aromatic rings. The predicted octanol–water partition coefficient (Wildman–Crippen LogP) is 1.81. The molecule has 0 aromatic heterocycles. The fourth-order valence-corrected chi connectivity index (χ4v) is 2.13. The number of nitrogens with two attached hydrogens (primary N) is 1. The van der Waals surface area contributed by atoms with Gasteiger partial charge in [-0.05, 0) is 48.6 Å². The summed E-state index contributed by atoms with van der Waals surface area (Å²) in [5.41, 5.74) is 10.4. The van der Waals surface area contributed by atoms with Crippen LogP contribution in [0.4, 0.5) is 0 Å². The van der Waals surface area contributed by atoms with Crippen molar-refractivity contribution < 1.29 is 0 Å². The van der Waals surface area contributed by atoms with Gasteiger partial charge in [0.1, 0.15) is 0 Å². The van der Waals surface area contributed by atoms with Gasteiger partial charge in [-0.3, -0.25) is 0 Å². The lowest BCUT2D eigenvalue weighted by molar-refractivity contribution is 0.710. The highest BCUT2D eigenvalue weighted by atomic mass is 14.6. The predicted molar refractivity (Wildman–Crippen MR) is 51.1 cm³/mol. The second-order valence-corrected chi connectivity index (χ2v) is 3.62. The number of aryl methyl sites for hydroxylation is 2. The molecule has 0 bridgehead atoms. The molecular weight excluding hydrogens is 160 g/mol. The summed E-state index contributed by atoms with van der Waals surface area (Å²) >= 11 is 0. The number of rotatable bonds is 0. The second kappa shape index (κ2) is 2.86. The minimum atomic E-state index is 0.183. The molecule has 0 spiro atoms. The number of benzene rings is 1. The molecule has 0 saturated heterocycles. The van der Waals surface area contributed by atoms with Crippen molar-refractivity contribution >= 4 is 0 Å². The van der Waals surface area contributed by atoms with Gasteiger partial charge in [-0.15, -0.1) is 0 Å². The molecule has 1 aliphatic rings. The maximum absolute atomic E-state index is 8.78. The van der Waals surface area contributed by atoms with Crippen LogP contribution >= 0.6 is 0 Å². The maximum atomic E-state index is 8.78. The van der Waals surface area contributed by atoms with Crippen molar-refractivity contribution in [1.29, 1.82) is 5.26 Å². The third kappa shape index (κ3) is 1.22. The summed E-state index contributed by atoms with van der Waals surface area (Å²) in [7, 11) is 0. The van der Waals surface area contributed by atoms with Crippen LogP contribution in [-0.4, -0.2) is 0 Å². The van der Waals surface area contributed by atoms with Crippen molar-refractivity contribution in [3.8, 4) is 6.07 Å². The van der Waals surface area contributed by atoms with Crippen LogP contribution in [-0.2, 0) is 6.42 Å². The van der Waals surface area contributed by atoms with Crippen molar-refractivity contribution in [3.63, 3.8) is 0 Å². The van der Waals surface area contributed by atoms with E-state index >= 15 is 0 Å². The molecule has 0 unspecified atom stereocenters. The van der Waals surface area contributed by atoms with E-state index in [0.29, 0.717) is 0 Å². The van der Waals surface area contributed by atoms with Gasteiger partial charge in [0.05, 0.1) is 11.6 Å². The number of hydrogen-bond acceptors (Lipinski definition) is 2. The Morgan fingerprint density at radius 3 is 3.00 bits per heavy atom. The van der Waals surface area contributed by atoms with Gasteiger partial charge in [0.15, 0.2) is 0 Å². The van der Waals surface area contributed by atoms with Gasteiger partial charge in [-0.2, -0.15) is 5.26 Å². The van der Waals surface area contributed by atoms with Crippen LogP contribution in [0.3, 0.4) is 0 Å². The van der Waals surface area contributed by atoms with Crippen molar-refractivity contribution in [2.24, 2.45) is 5.73 Å². The molecule has 0 aliphatic heterocycles. The van der Waals surface area contributed by atoms with Gasteiger partial charge < -0.3 is 5.73 Å². The zero-order valence-electron chi connectivity index (χ0n) is 7.67. The highest BCUT2D eigenvalue weighted by molar-refractivity contribution is 5.47. The monoisotopic (exact) mass is 172 g/mol. The average Bonchev–Trinajstić information content (AvgIpc) is 2.48. The van der Waals surface area contributed by atoms with Crippen molar-refractivity contribution in [2.45, 2.75) is 25.8 Å². The topological polar surface area (TPSA) is 49.8 Å². The lowest BCUT2D eigenvalue weighted by atomic mass is 9.99. The van der Waals surface area contributed by atoms with Crippen LogP contribution in [0.1, 0.15) is 34.7 Å². The molecule has 2 N–H and O–H groups in total. The van der Waals surface area contributed by atoms with E-state index in [1.807, 2.05) is 19.1 Å². The summed E-state index contributed by atoms with van der Waals surface area (Å²) in [5, 5.41) is 8.78. The van der Waals surface area contributed by atoms with Crippen molar-refractivity contribution in [2.75, 3.05) is 0 Å². The molecule has 1 aliphatic carbocycles. The Hall–Kier alpha value is -1.33. The molecule has 0 radical (unpaired) electrons. The van der Waals surface area contributed by atoms with E-state index in [4.69, 9.17) is 11.0 Å². The quantitative estimate of drug-likeness (QED) is 0.648. The first kappa shape index (κ1) is 8.28. The first-order chi connectivity index (χ1) is 6.22. The minimum absolute atomic E-state index is 0.183. The molecule has 2 nitrogen and oxygen atoms in total. The Labute approximate surface area is 78.0 Å². The molecule has 13 heavy (non-hydrogen) atoms. The number of fused-ring (bicyclic) bond motifs is 1. The van der Waals surface area contributed by atoms with Crippen LogP contribution in [0.5, 0.6) is 0 Å². The Balaban J connectivity index is 2.61. The summed E-state index contributed by atoms with van der Waals surface area (Å²) in [5.74, 6) is 0. The van der Waals surface area contributed by atoms with Crippen LogP contribution < -0.4 is 5.73 Å². The Morgan fingerprint density at radius 1 is 1.54 bits per heavy atom. The molecule has 2 rings (SSSR count). The summed E-state index contributed by atoms with van der Waals surface area (Å²) in [4.78, 5) is 0. The Kier molecular flexibility index (Phi) is 1.82. The van der Waals surface area contributed by atoms with E-state index in [9.17, 15) is 0 Å². The molecule has 0 heterocycles.